The fourth-order valence-corrected chi connectivity index (χ4v) is 6.39. The third-order valence-electron chi connectivity index (χ3n) is 7.64. The Balaban J connectivity index is 1.69. The molecule has 0 amide bonds. The van der Waals surface area contributed by atoms with Crippen LogP contribution in [0.15, 0.2) is 34.4 Å². The Morgan fingerprint density at radius 2 is 2.12 bits per heavy atom. The van der Waals surface area contributed by atoms with Gasteiger partial charge in [0.15, 0.2) is 5.78 Å². The van der Waals surface area contributed by atoms with Gasteiger partial charge in [-0.15, -0.1) is 0 Å². The highest BCUT2D eigenvalue weighted by Gasteiger charge is 2.58. The number of carbonyl (C=O) groups excluding carboxylic acids is 2. The van der Waals surface area contributed by atoms with E-state index >= 15 is 0 Å². The van der Waals surface area contributed by atoms with Crippen LogP contribution in [0.3, 0.4) is 0 Å². The van der Waals surface area contributed by atoms with E-state index in [0.717, 1.165) is 44.1 Å². The van der Waals surface area contributed by atoms with Crippen LogP contribution >= 0.6 is 0 Å². The van der Waals surface area contributed by atoms with Crippen LogP contribution in [0.4, 0.5) is 0 Å². The smallest absolute Gasteiger partial charge is 0.302 e. The Bertz CT molecular complexity index is 753. The van der Waals surface area contributed by atoms with Gasteiger partial charge in [-0.25, -0.2) is 0 Å². The molecule has 3 heteroatoms. The van der Waals surface area contributed by atoms with Gasteiger partial charge in [0.25, 0.3) is 0 Å². The predicted octanol–water partition coefficient (Wildman–Crippen LogP) is 4.93. The standard InChI is InChI=1S/C23H30O3/c1-5-15-6-8-18-19-9-7-16-12-17(26-14(3)24)10-11-23(16,4)21(19)22(25)20(18)13(15)2/h5,7,17-19,21H,6,8-12H2,1-4H3/b15-5-. The summed E-state index contributed by atoms with van der Waals surface area (Å²) in [6.07, 6.45) is 10.4. The zero-order valence-corrected chi connectivity index (χ0v) is 16.4. The third-order valence-corrected chi connectivity index (χ3v) is 7.64. The lowest BCUT2D eigenvalue weighted by molar-refractivity contribution is -0.148. The Morgan fingerprint density at radius 1 is 1.35 bits per heavy atom. The molecule has 0 aromatic heterocycles. The molecule has 0 radical (unpaired) electrons. The van der Waals surface area contributed by atoms with Gasteiger partial charge in [-0.2, -0.15) is 0 Å². The van der Waals surface area contributed by atoms with Crippen LogP contribution in [0.2, 0.25) is 0 Å². The summed E-state index contributed by atoms with van der Waals surface area (Å²) < 4.78 is 5.48. The minimum atomic E-state index is -0.199. The molecule has 0 spiro atoms. The summed E-state index contributed by atoms with van der Waals surface area (Å²) in [6.45, 7) is 8.02. The molecular weight excluding hydrogens is 324 g/mol. The van der Waals surface area contributed by atoms with E-state index in [4.69, 9.17) is 4.74 Å². The SMILES string of the molecule is C/C=C1/CCC2C(=C1C)C(=O)C1C2CC=C2CC(OC(C)=O)CCC21C. The van der Waals surface area contributed by atoms with Gasteiger partial charge in [0, 0.05) is 24.8 Å². The number of hydrogen-bond acceptors (Lipinski definition) is 3. The number of esters is 1. The molecular formula is C23H30O3. The molecule has 26 heavy (non-hydrogen) atoms. The fourth-order valence-electron chi connectivity index (χ4n) is 6.39. The summed E-state index contributed by atoms with van der Waals surface area (Å²) >= 11 is 0. The molecule has 0 N–H and O–H groups in total. The molecule has 2 fully saturated rings. The molecule has 4 rings (SSSR count). The van der Waals surface area contributed by atoms with Crippen LogP contribution in [-0.2, 0) is 14.3 Å². The normalized spacial score (nSPS) is 40.7. The van der Waals surface area contributed by atoms with Crippen molar-refractivity contribution < 1.29 is 14.3 Å². The van der Waals surface area contributed by atoms with Gasteiger partial charge < -0.3 is 4.74 Å². The first-order valence-corrected chi connectivity index (χ1v) is 10.1. The highest BCUT2D eigenvalue weighted by Crippen LogP contribution is 2.61. The van der Waals surface area contributed by atoms with Crippen molar-refractivity contribution in [3.05, 3.63) is 34.4 Å². The molecule has 5 unspecified atom stereocenters. The summed E-state index contributed by atoms with van der Waals surface area (Å²) in [5, 5.41) is 0. The van der Waals surface area contributed by atoms with Crippen molar-refractivity contribution in [2.45, 2.75) is 72.3 Å². The monoisotopic (exact) mass is 354 g/mol. The number of hydrogen-bond donors (Lipinski definition) is 0. The maximum Gasteiger partial charge on any atom is 0.302 e. The van der Waals surface area contributed by atoms with Gasteiger partial charge in [0.1, 0.15) is 6.10 Å². The Labute approximate surface area is 156 Å². The topological polar surface area (TPSA) is 43.4 Å². The summed E-state index contributed by atoms with van der Waals surface area (Å²) in [7, 11) is 0. The zero-order valence-electron chi connectivity index (χ0n) is 16.4. The molecule has 5 atom stereocenters. The predicted molar refractivity (Wildman–Crippen MR) is 101 cm³/mol. The summed E-state index contributed by atoms with van der Waals surface area (Å²) in [6, 6.07) is 0. The van der Waals surface area contributed by atoms with Gasteiger partial charge in [-0.05, 0) is 74.3 Å². The van der Waals surface area contributed by atoms with Crippen LogP contribution in [0.1, 0.15) is 66.2 Å². The largest absolute Gasteiger partial charge is 0.462 e. The number of carbonyl (C=O) groups is 2. The maximum absolute atomic E-state index is 13.6. The van der Waals surface area contributed by atoms with E-state index in [1.165, 1.54) is 23.6 Å². The van der Waals surface area contributed by atoms with E-state index in [-0.39, 0.29) is 23.4 Å². The highest BCUT2D eigenvalue weighted by molar-refractivity contribution is 6.03. The van der Waals surface area contributed by atoms with E-state index in [1.54, 1.807) is 0 Å². The summed E-state index contributed by atoms with van der Waals surface area (Å²) in [4.78, 5) is 24.9. The lowest BCUT2D eigenvalue weighted by Gasteiger charge is -2.48. The Hall–Kier alpha value is -1.64. The van der Waals surface area contributed by atoms with E-state index in [1.807, 2.05) is 0 Å². The van der Waals surface area contributed by atoms with Crippen LogP contribution < -0.4 is 0 Å². The molecule has 0 aromatic rings. The van der Waals surface area contributed by atoms with Gasteiger partial charge >= 0.3 is 5.97 Å². The van der Waals surface area contributed by atoms with Crippen LogP contribution in [0, 0.1) is 23.2 Å². The first kappa shape index (κ1) is 17.8. The van der Waals surface area contributed by atoms with Crippen molar-refractivity contribution >= 4 is 11.8 Å². The third kappa shape index (κ3) is 2.46. The fraction of sp³-hybridized carbons (Fsp3) is 0.652. The average Bonchev–Trinajstić information content (AvgIpc) is 2.89. The number of rotatable bonds is 1. The van der Waals surface area contributed by atoms with E-state index in [2.05, 4.69) is 32.9 Å². The van der Waals surface area contributed by atoms with E-state index < -0.39 is 0 Å². The van der Waals surface area contributed by atoms with Crippen molar-refractivity contribution in [2.75, 3.05) is 0 Å². The van der Waals surface area contributed by atoms with Gasteiger partial charge in [0.05, 0.1) is 0 Å². The molecule has 4 aliphatic rings. The molecule has 2 saturated carbocycles. The molecule has 0 aliphatic heterocycles. The number of allylic oxidation sites excluding steroid dienone is 5. The molecule has 0 bridgehead atoms. The maximum atomic E-state index is 13.6. The van der Waals surface area contributed by atoms with Crippen molar-refractivity contribution in [3.8, 4) is 0 Å². The zero-order chi connectivity index (χ0) is 18.6. The molecule has 0 heterocycles. The summed E-state index contributed by atoms with van der Waals surface area (Å²) in [5.74, 6) is 1.24. The number of ether oxygens (including phenoxy) is 1. The Kier molecular flexibility index (Phi) is 4.24. The van der Waals surface area contributed by atoms with Gasteiger partial charge in [-0.1, -0.05) is 24.6 Å². The molecule has 4 aliphatic carbocycles. The Morgan fingerprint density at radius 3 is 2.81 bits per heavy atom. The average molecular weight is 354 g/mol. The van der Waals surface area contributed by atoms with Gasteiger partial charge in [0.2, 0.25) is 0 Å². The molecule has 140 valence electrons. The van der Waals surface area contributed by atoms with Crippen molar-refractivity contribution in [2.24, 2.45) is 23.2 Å². The lowest BCUT2D eigenvalue weighted by Crippen LogP contribution is -2.44. The highest BCUT2D eigenvalue weighted by atomic mass is 16.5. The second kappa shape index (κ2) is 6.21. The van der Waals surface area contributed by atoms with Crippen molar-refractivity contribution in [3.63, 3.8) is 0 Å². The number of fused-ring (bicyclic) bond motifs is 5. The molecule has 3 nitrogen and oxygen atoms in total. The first-order chi connectivity index (χ1) is 12.4. The van der Waals surface area contributed by atoms with Crippen LogP contribution in [0.25, 0.3) is 0 Å². The second-order valence-electron chi connectivity index (χ2n) is 8.86. The van der Waals surface area contributed by atoms with Crippen molar-refractivity contribution in [1.29, 1.82) is 0 Å². The first-order valence-electron chi connectivity index (χ1n) is 10.1. The van der Waals surface area contributed by atoms with E-state index in [0.29, 0.717) is 17.6 Å². The minimum absolute atomic E-state index is 0.0160. The molecule has 0 saturated heterocycles. The van der Waals surface area contributed by atoms with Crippen molar-refractivity contribution in [1.82, 2.24) is 0 Å². The summed E-state index contributed by atoms with van der Waals surface area (Å²) in [5.41, 5.74) is 5.05. The van der Waals surface area contributed by atoms with Gasteiger partial charge in [-0.3, -0.25) is 9.59 Å². The van der Waals surface area contributed by atoms with E-state index in [9.17, 15) is 9.59 Å². The quantitative estimate of drug-likeness (QED) is 0.495. The second-order valence-corrected chi connectivity index (χ2v) is 8.86. The number of Topliss-reactive ketones (excluding diaryl/α,β-unsaturated/α-hetero) is 1. The number of ketones is 1. The van der Waals surface area contributed by atoms with Crippen LogP contribution in [-0.4, -0.2) is 17.9 Å². The lowest BCUT2D eigenvalue weighted by atomic mass is 9.56. The van der Waals surface area contributed by atoms with Crippen LogP contribution in [0.5, 0.6) is 0 Å². The molecule has 0 aromatic carbocycles. The minimum Gasteiger partial charge on any atom is -0.462 e.